The lowest BCUT2D eigenvalue weighted by Crippen LogP contribution is -2.31. The molecule has 21 heavy (non-hydrogen) atoms. The van der Waals surface area contributed by atoms with Gasteiger partial charge < -0.3 is 15.7 Å². The molecule has 0 saturated carbocycles. The summed E-state index contributed by atoms with van der Waals surface area (Å²) in [6.07, 6.45) is 1.31. The van der Waals surface area contributed by atoms with Gasteiger partial charge in [-0.25, -0.2) is 14.3 Å². The number of benzene rings is 1. The smallest absolute Gasteiger partial charge is 0.358 e. The third-order valence-electron chi connectivity index (χ3n) is 2.69. The van der Waals surface area contributed by atoms with E-state index in [0.29, 0.717) is 18.8 Å². The van der Waals surface area contributed by atoms with Crippen LogP contribution in [0, 0.1) is 6.92 Å². The fourth-order valence-corrected chi connectivity index (χ4v) is 1.60. The number of nitrogens with one attached hydrogen (secondary N) is 2. The van der Waals surface area contributed by atoms with Crippen LogP contribution in [0.5, 0.6) is 0 Å². The molecule has 1 aromatic carbocycles. The third kappa shape index (κ3) is 4.30. The van der Waals surface area contributed by atoms with Crippen LogP contribution in [0.2, 0.25) is 0 Å². The highest BCUT2D eigenvalue weighted by atomic mass is 16.4. The standard InChI is InChI=1S/C13H15N5O3/c1-9-2-4-10(5-3-9)15-13(21)14-6-7-18-8-11(12(19)20)16-17-18/h2-5,8H,6-7H2,1H3,(H,19,20)(H2,14,15,21). The SMILES string of the molecule is Cc1ccc(NC(=O)NCCn2cc(C(=O)O)nn2)cc1. The molecule has 2 aromatic rings. The summed E-state index contributed by atoms with van der Waals surface area (Å²) < 4.78 is 1.36. The predicted molar refractivity (Wildman–Crippen MR) is 75.2 cm³/mol. The highest BCUT2D eigenvalue weighted by Crippen LogP contribution is 2.07. The number of amides is 2. The number of carbonyl (C=O) groups excluding carboxylic acids is 1. The minimum atomic E-state index is -1.13. The van der Waals surface area contributed by atoms with Crippen LogP contribution in [0.1, 0.15) is 16.1 Å². The van der Waals surface area contributed by atoms with Crippen molar-refractivity contribution in [2.75, 3.05) is 11.9 Å². The number of carboxylic acid groups (broad SMARTS) is 1. The first-order valence-electron chi connectivity index (χ1n) is 6.29. The van der Waals surface area contributed by atoms with Crippen LogP contribution >= 0.6 is 0 Å². The number of hydrogen-bond acceptors (Lipinski definition) is 4. The molecule has 2 amide bonds. The predicted octanol–water partition coefficient (Wildman–Crippen LogP) is 1.11. The van der Waals surface area contributed by atoms with E-state index in [2.05, 4.69) is 20.9 Å². The molecule has 0 bridgehead atoms. The van der Waals surface area contributed by atoms with Crippen molar-refractivity contribution >= 4 is 17.7 Å². The summed E-state index contributed by atoms with van der Waals surface area (Å²) in [5.74, 6) is -1.13. The zero-order valence-electron chi connectivity index (χ0n) is 11.4. The van der Waals surface area contributed by atoms with Crippen LogP contribution in [0.3, 0.4) is 0 Å². The minimum absolute atomic E-state index is 0.126. The lowest BCUT2D eigenvalue weighted by atomic mass is 10.2. The topological polar surface area (TPSA) is 109 Å². The Labute approximate surface area is 120 Å². The Hall–Kier alpha value is -2.90. The van der Waals surface area contributed by atoms with Crippen LogP contribution in [-0.2, 0) is 6.54 Å². The van der Waals surface area contributed by atoms with Crippen molar-refractivity contribution in [3.63, 3.8) is 0 Å². The van der Waals surface area contributed by atoms with Crippen LogP contribution in [-0.4, -0.2) is 38.6 Å². The quantitative estimate of drug-likeness (QED) is 0.763. The Bertz CT molecular complexity index is 636. The van der Waals surface area contributed by atoms with E-state index in [1.807, 2.05) is 31.2 Å². The van der Waals surface area contributed by atoms with Crippen LogP contribution in [0.4, 0.5) is 10.5 Å². The van der Waals surface area contributed by atoms with E-state index < -0.39 is 5.97 Å². The number of aromatic carboxylic acids is 1. The molecule has 0 aliphatic heterocycles. The largest absolute Gasteiger partial charge is 0.476 e. The number of rotatable bonds is 5. The Morgan fingerprint density at radius 2 is 2.00 bits per heavy atom. The highest BCUT2D eigenvalue weighted by molar-refractivity contribution is 5.89. The summed E-state index contributed by atoms with van der Waals surface area (Å²) >= 11 is 0. The van der Waals surface area contributed by atoms with E-state index >= 15 is 0 Å². The van der Waals surface area contributed by atoms with E-state index in [-0.39, 0.29) is 11.7 Å². The molecule has 3 N–H and O–H groups in total. The number of carboxylic acids is 1. The molecular formula is C13H15N5O3. The third-order valence-corrected chi connectivity index (χ3v) is 2.69. The molecule has 1 aromatic heterocycles. The van der Waals surface area contributed by atoms with E-state index in [1.165, 1.54) is 10.9 Å². The van der Waals surface area contributed by atoms with Crippen molar-refractivity contribution in [2.45, 2.75) is 13.5 Å². The van der Waals surface area contributed by atoms with Gasteiger partial charge in [0.15, 0.2) is 5.69 Å². The van der Waals surface area contributed by atoms with Crippen molar-refractivity contribution in [3.05, 3.63) is 41.7 Å². The lowest BCUT2D eigenvalue weighted by molar-refractivity contribution is 0.0690. The van der Waals surface area contributed by atoms with Crippen molar-refractivity contribution in [1.82, 2.24) is 20.3 Å². The van der Waals surface area contributed by atoms with Crippen molar-refractivity contribution in [2.24, 2.45) is 0 Å². The molecule has 8 nitrogen and oxygen atoms in total. The second-order valence-corrected chi connectivity index (χ2v) is 4.42. The molecule has 2 rings (SSSR count). The van der Waals surface area contributed by atoms with Gasteiger partial charge in [-0.1, -0.05) is 22.9 Å². The Balaban J connectivity index is 1.76. The number of urea groups is 1. The molecule has 0 saturated heterocycles. The van der Waals surface area contributed by atoms with Crippen molar-refractivity contribution in [3.8, 4) is 0 Å². The Kier molecular flexibility index (Phi) is 4.50. The molecule has 0 radical (unpaired) electrons. The van der Waals surface area contributed by atoms with E-state index in [1.54, 1.807) is 0 Å². The number of anilines is 1. The van der Waals surface area contributed by atoms with Crippen molar-refractivity contribution in [1.29, 1.82) is 0 Å². The van der Waals surface area contributed by atoms with E-state index in [9.17, 15) is 9.59 Å². The minimum Gasteiger partial charge on any atom is -0.476 e. The molecule has 0 spiro atoms. The average Bonchev–Trinajstić information content (AvgIpc) is 2.90. The van der Waals surface area contributed by atoms with Crippen molar-refractivity contribution < 1.29 is 14.7 Å². The molecule has 0 fully saturated rings. The first-order chi connectivity index (χ1) is 10.0. The van der Waals surface area contributed by atoms with Crippen LogP contribution < -0.4 is 10.6 Å². The lowest BCUT2D eigenvalue weighted by Gasteiger charge is -2.07. The summed E-state index contributed by atoms with van der Waals surface area (Å²) in [5, 5.41) is 21.2. The summed E-state index contributed by atoms with van der Waals surface area (Å²) in [6.45, 7) is 2.61. The first-order valence-corrected chi connectivity index (χ1v) is 6.29. The van der Waals surface area contributed by atoms with Crippen LogP contribution in [0.25, 0.3) is 0 Å². The molecule has 1 heterocycles. The van der Waals surface area contributed by atoms with E-state index in [4.69, 9.17) is 5.11 Å². The second kappa shape index (κ2) is 6.51. The first kappa shape index (κ1) is 14.5. The molecular weight excluding hydrogens is 274 g/mol. The maximum absolute atomic E-state index is 11.6. The zero-order valence-corrected chi connectivity index (χ0v) is 11.4. The van der Waals surface area contributed by atoms with Crippen LogP contribution in [0.15, 0.2) is 30.5 Å². The number of aromatic nitrogens is 3. The van der Waals surface area contributed by atoms with Gasteiger partial charge >= 0.3 is 12.0 Å². The Morgan fingerprint density at radius 1 is 1.29 bits per heavy atom. The van der Waals surface area contributed by atoms with Gasteiger partial charge in [0, 0.05) is 12.2 Å². The van der Waals surface area contributed by atoms with Gasteiger partial charge in [-0.3, -0.25) is 0 Å². The summed E-state index contributed by atoms with van der Waals surface area (Å²) in [5.41, 5.74) is 1.69. The summed E-state index contributed by atoms with van der Waals surface area (Å²) in [7, 11) is 0. The zero-order chi connectivity index (χ0) is 15.2. The molecule has 0 aliphatic rings. The number of aryl methyl sites for hydroxylation is 1. The second-order valence-electron chi connectivity index (χ2n) is 4.42. The normalized spacial score (nSPS) is 10.1. The van der Waals surface area contributed by atoms with Gasteiger partial charge in [0.05, 0.1) is 12.7 Å². The van der Waals surface area contributed by atoms with E-state index in [0.717, 1.165) is 5.56 Å². The maximum atomic E-state index is 11.6. The Morgan fingerprint density at radius 3 is 2.62 bits per heavy atom. The molecule has 0 aliphatic carbocycles. The number of nitrogens with zero attached hydrogens (tertiary/aromatic N) is 3. The fourth-order valence-electron chi connectivity index (χ4n) is 1.60. The van der Waals surface area contributed by atoms with Gasteiger partial charge in [-0.05, 0) is 19.1 Å². The van der Waals surface area contributed by atoms with Gasteiger partial charge in [0.2, 0.25) is 0 Å². The average molecular weight is 289 g/mol. The van der Waals surface area contributed by atoms with Gasteiger partial charge in [0.1, 0.15) is 0 Å². The van der Waals surface area contributed by atoms with Gasteiger partial charge in [-0.2, -0.15) is 0 Å². The summed E-state index contributed by atoms with van der Waals surface area (Å²) in [4.78, 5) is 22.3. The molecule has 8 heteroatoms. The fraction of sp³-hybridized carbons (Fsp3) is 0.231. The monoisotopic (exact) mass is 289 g/mol. The molecule has 0 atom stereocenters. The highest BCUT2D eigenvalue weighted by Gasteiger charge is 2.08. The number of carbonyl (C=O) groups is 2. The summed E-state index contributed by atoms with van der Waals surface area (Å²) in [6, 6.07) is 7.09. The van der Waals surface area contributed by atoms with Gasteiger partial charge in [-0.15, -0.1) is 5.10 Å². The maximum Gasteiger partial charge on any atom is 0.358 e. The number of hydrogen-bond donors (Lipinski definition) is 3. The van der Waals surface area contributed by atoms with Gasteiger partial charge in [0.25, 0.3) is 0 Å². The molecule has 0 unspecified atom stereocenters. The molecule has 110 valence electrons.